The molecule has 0 saturated heterocycles. The molecule has 2 aromatic rings. The Kier molecular flexibility index (Phi) is 6.46. The number of esters is 1. The molecule has 146 valence electrons. The Balaban J connectivity index is 2.00. The third-order valence-corrected chi connectivity index (χ3v) is 6.07. The van der Waals surface area contributed by atoms with E-state index in [-0.39, 0.29) is 6.03 Å². The number of urea groups is 1. The minimum absolute atomic E-state index is 0.329. The molecule has 1 atom stereocenters. The van der Waals surface area contributed by atoms with Gasteiger partial charge >= 0.3 is 12.0 Å². The molecule has 0 aliphatic carbocycles. The van der Waals surface area contributed by atoms with Crippen molar-refractivity contribution in [2.45, 2.75) is 24.8 Å². The highest BCUT2D eigenvalue weighted by Crippen LogP contribution is 2.32. The minimum Gasteiger partial charge on any atom is -0.466 e. The van der Waals surface area contributed by atoms with Crippen molar-refractivity contribution in [2.24, 2.45) is 0 Å². The van der Waals surface area contributed by atoms with Crippen molar-refractivity contribution >= 4 is 39.7 Å². The van der Waals surface area contributed by atoms with E-state index in [1.807, 2.05) is 56.3 Å². The number of amides is 2. The van der Waals surface area contributed by atoms with Gasteiger partial charge in [-0.15, -0.1) is 11.8 Å². The van der Waals surface area contributed by atoms with Gasteiger partial charge in [0.25, 0.3) is 0 Å². The molecule has 0 bridgehead atoms. The molecule has 1 aliphatic rings. The van der Waals surface area contributed by atoms with Crippen LogP contribution in [0.15, 0.2) is 63.1 Å². The summed E-state index contributed by atoms with van der Waals surface area (Å²) in [6.45, 7) is 3.95. The molecule has 1 aliphatic heterocycles. The van der Waals surface area contributed by atoms with Gasteiger partial charge in [-0.05, 0) is 49.2 Å². The number of aryl methyl sites for hydroxylation is 2. The van der Waals surface area contributed by atoms with Gasteiger partial charge in [-0.2, -0.15) is 0 Å². The summed E-state index contributed by atoms with van der Waals surface area (Å²) >= 11 is 4.97. The van der Waals surface area contributed by atoms with Gasteiger partial charge in [0.1, 0.15) is 0 Å². The average Bonchev–Trinajstić information content (AvgIpc) is 2.68. The van der Waals surface area contributed by atoms with Gasteiger partial charge in [-0.25, -0.2) is 9.59 Å². The molecule has 0 radical (unpaired) electrons. The third-order valence-electron chi connectivity index (χ3n) is 4.50. The summed E-state index contributed by atoms with van der Waals surface area (Å²) in [5, 5.41) is 5.67. The second kappa shape index (κ2) is 8.84. The Morgan fingerprint density at radius 2 is 1.89 bits per heavy atom. The van der Waals surface area contributed by atoms with Crippen molar-refractivity contribution in [3.05, 3.63) is 74.9 Å². The fourth-order valence-electron chi connectivity index (χ4n) is 3.07. The van der Waals surface area contributed by atoms with Crippen LogP contribution < -0.4 is 10.6 Å². The standard InChI is InChI=1S/C21H21BrN2O3S/c1-12-4-5-13(2)16(10-12)19-18(20(25)27-3)17(23-21(26)24-19)11-28-15-8-6-14(22)7-9-15/h4-10,19H,11H2,1-3H3,(H2,23,24,26)/t19-/m0/s1. The second-order valence-corrected chi connectivity index (χ2v) is 8.48. The van der Waals surface area contributed by atoms with Gasteiger partial charge in [0, 0.05) is 20.8 Å². The summed E-state index contributed by atoms with van der Waals surface area (Å²) in [6, 6.07) is 13.0. The predicted molar refractivity (Wildman–Crippen MR) is 114 cm³/mol. The van der Waals surface area contributed by atoms with Crippen molar-refractivity contribution in [3.63, 3.8) is 0 Å². The van der Waals surface area contributed by atoms with Crippen molar-refractivity contribution in [2.75, 3.05) is 12.9 Å². The maximum Gasteiger partial charge on any atom is 0.338 e. The number of methoxy groups -OCH3 is 1. The lowest BCUT2D eigenvalue weighted by molar-refractivity contribution is -0.136. The zero-order chi connectivity index (χ0) is 20.3. The van der Waals surface area contributed by atoms with Crippen molar-refractivity contribution in [3.8, 4) is 0 Å². The highest BCUT2D eigenvalue weighted by molar-refractivity contribution is 9.10. The zero-order valence-corrected chi connectivity index (χ0v) is 18.2. The van der Waals surface area contributed by atoms with Crippen LogP contribution in [0.4, 0.5) is 4.79 Å². The number of ether oxygens (including phenoxy) is 1. The quantitative estimate of drug-likeness (QED) is 0.503. The van der Waals surface area contributed by atoms with E-state index in [9.17, 15) is 9.59 Å². The SMILES string of the molecule is COC(=O)C1=C(CSc2ccc(Br)cc2)NC(=O)N[C@H]1c1cc(C)ccc1C. The molecule has 1 heterocycles. The van der Waals surface area contributed by atoms with Gasteiger partial charge in [0.15, 0.2) is 0 Å². The van der Waals surface area contributed by atoms with Gasteiger partial charge in [-0.3, -0.25) is 0 Å². The lowest BCUT2D eigenvalue weighted by Gasteiger charge is -2.30. The average molecular weight is 461 g/mol. The highest BCUT2D eigenvalue weighted by Gasteiger charge is 2.34. The number of carbonyl (C=O) groups is 2. The maximum atomic E-state index is 12.6. The summed E-state index contributed by atoms with van der Waals surface area (Å²) in [5.41, 5.74) is 3.94. The molecule has 0 unspecified atom stereocenters. The fourth-order valence-corrected chi connectivity index (χ4v) is 4.20. The zero-order valence-electron chi connectivity index (χ0n) is 15.8. The van der Waals surface area contributed by atoms with Crippen LogP contribution in [-0.2, 0) is 9.53 Å². The third kappa shape index (κ3) is 4.59. The maximum absolute atomic E-state index is 12.6. The molecule has 0 saturated carbocycles. The Morgan fingerprint density at radius 1 is 1.18 bits per heavy atom. The van der Waals surface area contributed by atoms with Crippen molar-refractivity contribution in [1.82, 2.24) is 10.6 Å². The van der Waals surface area contributed by atoms with E-state index in [1.54, 1.807) is 11.8 Å². The Labute approximate surface area is 177 Å². The van der Waals surface area contributed by atoms with Crippen LogP contribution in [0.5, 0.6) is 0 Å². The minimum atomic E-state index is -0.554. The van der Waals surface area contributed by atoms with Crippen LogP contribution in [0.25, 0.3) is 0 Å². The van der Waals surface area contributed by atoms with E-state index in [0.29, 0.717) is 17.0 Å². The molecule has 7 heteroatoms. The lowest BCUT2D eigenvalue weighted by Crippen LogP contribution is -2.46. The number of benzene rings is 2. The molecule has 2 aromatic carbocycles. The highest BCUT2D eigenvalue weighted by atomic mass is 79.9. The number of hydrogen-bond donors (Lipinski definition) is 2. The first-order chi connectivity index (χ1) is 13.4. The van der Waals surface area contributed by atoms with E-state index >= 15 is 0 Å². The van der Waals surface area contributed by atoms with Gasteiger partial charge in [0.05, 0.1) is 18.7 Å². The Bertz CT molecular complexity index is 941. The summed E-state index contributed by atoms with van der Waals surface area (Å²) in [5.74, 6) is -0.00859. The molecular formula is C21H21BrN2O3S. The topological polar surface area (TPSA) is 67.4 Å². The number of hydrogen-bond acceptors (Lipinski definition) is 4. The molecule has 2 amide bonds. The Morgan fingerprint density at radius 3 is 2.57 bits per heavy atom. The van der Waals surface area contributed by atoms with Crippen molar-refractivity contribution in [1.29, 1.82) is 0 Å². The van der Waals surface area contributed by atoms with Crippen LogP contribution in [0, 0.1) is 13.8 Å². The summed E-state index contributed by atoms with van der Waals surface area (Å²) < 4.78 is 6.04. The van der Waals surface area contributed by atoms with Gasteiger partial charge < -0.3 is 15.4 Å². The van der Waals surface area contributed by atoms with Crippen LogP contribution in [-0.4, -0.2) is 24.9 Å². The molecule has 28 heavy (non-hydrogen) atoms. The largest absolute Gasteiger partial charge is 0.466 e. The number of thioether (sulfide) groups is 1. The summed E-state index contributed by atoms with van der Waals surface area (Å²) in [7, 11) is 1.35. The van der Waals surface area contributed by atoms with Crippen LogP contribution in [0.3, 0.4) is 0 Å². The molecule has 3 rings (SSSR count). The lowest BCUT2D eigenvalue weighted by atomic mass is 9.91. The van der Waals surface area contributed by atoms with Crippen LogP contribution in [0.2, 0.25) is 0 Å². The van der Waals surface area contributed by atoms with Crippen LogP contribution >= 0.6 is 27.7 Å². The van der Waals surface area contributed by atoms with E-state index in [0.717, 1.165) is 26.1 Å². The van der Waals surface area contributed by atoms with E-state index in [4.69, 9.17) is 4.74 Å². The van der Waals surface area contributed by atoms with E-state index < -0.39 is 12.0 Å². The van der Waals surface area contributed by atoms with Gasteiger partial charge in [-0.1, -0.05) is 39.7 Å². The fraction of sp³-hybridized carbons (Fsp3) is 0.238. The first-order valence-corrected chi connectivity index (χ1v) is 10.5. The number of halogens is 1. The normalized spacial score (nSPS) is 16.4. The summed E-state index contributed by atoms with van der Waals surface area (Å²) in [4.78, 5) is 26.0. The monoisotopic (exact) mass is 460 g/mol. The molecule has 0 aromatic heterocycles. The van der Waals surface area contributed by atoms with Crippen LogP contribution in [0.1, 0.15) is 22.7 Å². The summed E-state index contributed by atoms with van der Waals surface area (Å²) in [6.07, 6.45) is 0. The molecule has 0 fully saturated rings. The number of nitrogens with one attached hydrogen (secondary N) is 2. The Hall–Kier alpha value is -2.25. The predicted octanol–water partition coefficient (Wildman–Crippen LogP) is 4.64. The molecular weight excluding hydrogens is 440 g/mol. The number of carbonyl (C=O) groups excluding carboxylic acids is 2. The molecule has 0 spiro atoms. The first kappa shape index (κ1) is 20.5. The smallest absolute Gasteiger partial charge is 0.338 e. The second-order valence-electron chi connectivity index (χ2n) is 6.52. The number of rotatable bonds is 5. The molecule has 5 nitrogen and oxygen atoms in total. The van der Waals surface area contributed by atoms with E-state index in [2.05, 4.69) is 26.6 Å². The van der Waals surface area contributed by atoms with E-state index in [1.165, 1.54) is 7.11 Å². The first-order valence-electron chi connectivity index (χ1n) is 8.73. The molecule has 2 N–H and O–H groups in total. The van der Waals surface area contributed by atoms with Crippen molar-refractivity contribution < 1.29 is 14.3 Å². The van der Waals surface area contributed by atoms with Gasteiger partial charge in [0.2, 0.25) is 0 Å².